The van der Waals surface area contributed by atoms with Crippen LogP contribution in [0.2, 0.25) is 0 Å². The minimum absolute atomic E-state index is 0.955. The fourth-order valence-electron chi connectivity index (χ4n) is 3.54. The van der Waals surface area contributed by atoms with Crippen molar-refractivity contribution in [3.63, 3.8) is 0 Å². The fourth-order valence-corrected chi connectivity index (χ4v) is 3.54. The zero-order valence-electron chi connectivity index (χ0n) is 11.8. The van der Waals surface area contributed by atoms with Crippen molar-refractivity contribution in [2.75, 3.05) is 0 Å². The van der Waals surface area contributed by atoms with Crippen molar-refractivity contribution in [2.45, 2.75) is 19.8 Å². The average Bonchev–Trinajstić information content (AvgIpc) is 3.27. The fraction of sp³-hybridized carbons (Fsp3) is 0.158. The molecule has 0 unspecified atom stereocenters. The molecule has 4 aromatic rings. The van der Waals surface area contributed by atoms with E-state index in [9.17, 15) is 0 Å². The molecule has 0 amide bonds. The van der Waals surface area contributed by atoms with Crippen LogP contribution in [0.4, 0.5) is 0 Å². The number of rotatable bonds is 2. The van der Waals surface area contributed by atoms with Crippen LogP contribution in [0.5, 0.6) is 0 Å². The van der Waals surface area contributed by atoms with Crippen molar-refractivity contribution >= 4 is 33.5 Å². The van der Waals surface area contributed by atoms with Crippen molar-refractivity contribution in [2.24, 2.45) is 0 Å². The van der Waals surface area contributed by atoms with Crippen LogP contribution in [-0.4, -0.2) is 0 Å². The minimum Gasteiger partial charge on any atom is -0.457 e. The lowest BCUT2D eigenvalue weighted by molar-refractivity contribution is 0.674. The summed E-state index contributed by atoms with van der Waals surface area (Å²) in [6.45, 7) is 2.21. The van der Waals surface area contributed by atoms with Crippen LogP contribution in [0.3, 0.4) is 0 Å². The Bertz CT molecular complexity index is 993. The first-order chi connectivity index (χ1) is 10.3. The molecule has 0 N–H and O–H groups in total. The van der Waals surface area contributed by atoms with Crippen molar-refractivity contribution in [3.8, 4) is 0 Å². The number of hydrogen-bond acceptors (Lipinski definition) is 2. The van der Waals surface area contributed by atoms with E-state index in [0.717, 1.165) is 35.2 Å². The Balaban J connectivity index is 1.68. The van der Waals surface area contributed by atoms with E-state index < -0.39 is 0 Å². The smallest absolute Gasteiger partial charge is 0.135 e. The Morgan fingerprint density at radius 2 is 1.52 bits per heavy atom. The van der Waals surface area contributed by atoms with Gasteiger partial charge in [0.25, 0.3) is 0 Å². The van der Waals surface area contributed by atoms with Gasteiger partial charge in [0.1, 0.15) is 22.3 Å². The van der Waals surface area contributed by atoms with E-state index in [1.54, 1.807) is 0 Å². The maximum Gasteiger partial charge on any atom is 0.135 e. The molecule has 1 aliphatic rings. The first kappa shape index (κ1) is 11.2. The molecule has 0 aliphatic heterocycles. The summed E-state index contributed by atoms with van der Waals surface area (Å²) in [4.78, 5) is 0. The van der Waals surface area contributed by atoms with Gasteiger partial charge in [-0.1, -0.05) is 6.08 Å². The molecule has 0 aromatic carbocycles. The quantitative estimate of drug-likeness (QED) is 0.468. The largest absolute Gasteiger partial charge is 0.457 e. The highest BCUT2D eigenvalue weighted by Gasteiger charge is 2.21. The third kappa shape index (κ3) is 1.47. The van der Waals surface area contributed by atoms with Gasteiger partial charge in [0.15, 0.2) is 0 Å². The summed E-state index contributed by atoms with van der Waals surface area (Å²) >= 11 is 0. The van der Waals surface area contributed by atoms with Crippen LogP contribution in [0, 0.1) is 0 Å². The molecule has 0 saturated heterocycles. The van der Waals surface area contributed by atoms with Gasteiger partial charge in [-0.15, -0.1) is 0 Å². The van der Waals surface area contributed by atoms with Crippen LogP contribution >= 0.6 is 0 Å². The highest BCUT2D eigenvalue weighted by Crippen LogP contribution is 2.42. The molecule has 4 bridgehead atoms. The Hall–Kier alpha value is -2.48. The molecule has 0 fully saturated rings. The standard InChI is InChI=1S/C19H14O2/c1-11-14(16-9-12-5-7-18(16)20-12)3-2-4-15(11)17-10-13-6-8-19(17)21-13/h3,5-10H,2,4H2,1H3. The topological polar surface area (TPSA) is 26.3 Å². The van der Waals surface area contributed by atoms with E-state index in [2.05, 4.69) is 37.3 Å². The molecule has 0 radical (unpaired) electrons. The summed E-state index contributed by atoms with van der Waals surface area (Å²) in [6.07, 6.45) is 4.47. The second-order valence-corrected chi connectivity index (χ2v) is 5.78. The average molecular weight is 274 g/mol. The lowest BCUT2D eigenvalue weighted by atomic mass is 9.85. The number of hydrogen-bond donors (Lipinski definition) is 0. The first-order valence-corrected chi connectivity index (χ1v) is 7.34. The van der Waals surface area contributed by atoms with Gasteiger partial charge in [-0.25, -0.2) is 0 Å². The van der Waals surface area contributed by atoms with Gasteiger partial charge in [-0.3, -0.25) is 0 Å². The molecule has 4 heterocycles. The van der Waals surface area contributed by atoms with E-state index >= 15 is 0 Å². The normalized spacial score (nSPS) is 16.5. The lowest BCUT2D eigenvalue weighted by Gasteiger charge is -2.19. The maximum atomic E-state index is 5.71. The molecular weight excluding hydrogens is 260 g/mol. The lowest BCUT2D eigenvalue weighted by Crippen LogP contribution is -1.98. The Morgan fingerprint density at radius 1 is 0.857 bits per heavy atom. The Morgan fingerprint density at radius 3 is 2.10 bits per heavy atom. The monoisotopic (exact) mass is 274 g/mol. The summed E-state index contributed by atoms with van der Waals surface area (Å²) in [6, 6.07) is 12.5. The third-order valence-electron chi connectivity index (χ3n) is 4.57. The second kappa shape index (κ2) is 3.79. The highest BCUT2D eigenvalue weighted by molar-refractivity contribution is 5.98. The van der Waals surface area contributed by atoms with Crippen LogP contribution in [0.1, 0.15) is 30.9 Å². The highest BCUT2D eigenvalue weighted by atomic mass is 16.3. The zero-order valence-corrected chi connectivity index (χ0v) is 11.8. The van der Waals surface area contributed by atoms with Crippen molar-refractivity contribution in [3.05, 3.63) is 59.2 Å². The molecule has 2 heteroatoms. The van der Waals surface area contributed by atoms with Crippen LogP contribution in [0.25, 0.3) is 33.5 Å². The van der Waals surface area contributed by atoms with Gasteiger partial charge >= 0.3 is 0 Å². The van der Waals surface area contributed by atoms with Crippen LogP contribution in [-0.2, 0) is 0 Å². The molecule has 0 atom stereocenters. The molecule has 21 heavy (non-hydrogen) atoms. The number of benzene rings is 2. The third-order valence-corrected chi connectivity index (χ3v) is 4.57. The molecule has 0 spiro atoms. The summed E-state index contributed by atoms with van der Waals surface area (Å²) in [5.74, 6) is 0. The van der Waals surface area contributed by atoms with Gasteiger partial charge in [0.2, 0.25) is 0 Å². The zero-order chi connectivity index (χ0) is 14.0. The molecular formula is C19H14O2. The van der Waals surface area contributed by atoms with Gasteiger partial charge in [-0.05, 0) is 72.9 Å². The van der Waals surface area contributed by atoms with Crippen molar-refractivity contribution in [1.29, 1.82) is 0 Å². The predicted octanol–water partition coefficient (Wildman–Crippen LogP) is 5.71. The molecule has 2 nitrogen and oxygen atoms in total. The second-order valence-electron chi connectivity index (χ2n) is 5.78. The predicted molar refractivity (Wildman–Crippen MR) is 84.6 cm³/mol. The summed E-state index contributed by atoms with van der Waals surface area (Å²) < 4.78 is 11.4. The van der Waals surface area contributed by atoms with Gasteiger partial charge in [-0.2, -0.15) is 0 Å². The van der Waals surface area contributed by atoms with Crippen molar-refractivity contribution < 1.29 is 8.83 Å². The van der Waals surface area contributed by atoms with E-state index in [1.807, 2.05) is 12.1 Å². The van der Waals surface area contributed by atoms with Gasteiger partial charge < -0.3 is 8.83 Å². The van der Waals surface area contributed by atoms with E-state index in [-0.39, 0.29) is 0 Å². The SMILES string of the molecule is CC1=C(c2cc3ccc2o3)CCC=C1c1cc2ccc1o2. The van der Waals surface area contributed by atoms with E-state index in [0.29, 0.717) is 0 Å². The number of allylic oxidation sites excluding steroid dienone is 4. The van der Waals surface area contributed by atoms with Crippen molar-refractivity contribution in [1.82, 2.24) is 0 Å². The Labute approximate surface area is 122 Å². The Kier molecular flexibility index (Phi) is 2.02. The minimum atomic E-state index is 0.955. The van der Waals surface area contributed by atoms with E-state index in [4.69, 9.17) is 8.83 Å². The summed E-state index contributed by atoms with van der Waals surface area (Å²) in [7, 11) is 0. The molecule has 1 aliphatic carbocycles. The van der Waals surface area contributed by atoms with E-state index in [1.165, 1.54) is 27.8 Å². The van der Waals surface area contributed by atoms with Gasteiger partial charge in [0, 0.05) is 11.1 Å². The first-order valence-electron chi connectivity index (χ1n) is 7.34. The molecule has 102 valence electrons. The van der Waals surface area contributed by atoms with Crippen LogP contribution < -0.4 is 0 Å². The summed E-state index contributed by atoms with van der Waals surface area (Å²) in [5.41, 5.74) is 10.4. The van der Waals surface area contributed by atoms with Gasteiger partial charge in [0.05, 0.1) is 0 Å². The summed E-state index contributed by atoms with van der Waals surface area (Å²) in [5, 5.41) is 0. The molecule has 4 aromatic heterocycles. The number of furan rings is 4. The number of fused-ring (bicyclic) bond motifs is 4. The molecule has 5 rings (SSSR count). The molecule has 0 saturated carbocycles. The van der Waals surface area contributed by atoms with Crippen LogP contribution in [0.15, 0.2) is 56.9 Å². The maximum absolute atomic E-state index is 5.71.